The number of ether oxygens (including phenoxy) is 1. The first-order chi connectivity index (χ1) is 17.4. The molecule has 7 nitrogen and oxygen atoms in total. The van der Waals surface area contributed by atoms with E-state index in [9.17, 15) is 14.7 Å². The van der Waals surface area contributed by atoms with Crippen LogP contribution in [0.1, 0.15) is 61.1 Å². The molecule has 2 unspecified atom stereocenters. The lowest BCUT2D eigenvalue weighted by Gasteiger charge is -2.28. The Morgan fingerprint density at radius 2 is 1.86 bits per heavy atom. The van der Waals surface area contributed by atoms with E-state index in [4.69, 9.17) is 16.3 Å². The molecule has 36 heavy (non-hydrogen) atoms. The largest absolute Gasteiger partial charge is 0.489 e. The van der Waals surface area contributed by atoms with Gasteiger partial charge in [-0.2, -0.15) is 0 Å². The van der Waals surface area contributed by atoms with Crippen LogP contribution in [0.3, 0.4) is 0 Å². The van der Waals surface area contributed by atoms with Crippen molar-refractivity contribution in [2.45, 2.75) is 57.3 Å². The molecular formula is C28H36ClN3O4. The van der Waals surface area contributed by atoms with Crippen LogP contribution in [0.4, 0.5) is 5.69 Å². The van der Waals surface area contributed by atoms with Gasteiger partial charge in [-0.05, 0) is 87.2 Å². The predicted octanol–water partition coefficient (Wildman–Crippen LogP) is 4.22. The first-order valence-corrected chi connectivity index (χ1v) is 13.3. The number of amides is 1. The van der Waals surface area contributed by atoms with Crippen LogP contribution in [-0.2, 0) is 4.79 Å². The molecule has 1 heterocycles. The lowest BCUT2D eigenvalue weighted by atomic mass is 10.0. The minimum absolute atomic E-state index is 0.215. The standard InChI is InChI=1S/C28H36ClN3O4/c1-3-14-31(2)21-9-6-19(7-10-21)27(34)28(35)30-24(18-32-15-4-5-16-32)26(33)20-8-13-25(23(29)17-20)36-22-11-12-22/h6-10,13,17,22,24,26,33H,3-5,11-12,14-16,18H2,1-2H3,(H,30,35). The fourth-order valence-electron chi connectivity index (χ4n) is 4.56. The molecule has 2 fully saturated rings. The average molecular weight is 514 g/mol. The van der Waals surface area contributed by atoms with Crippen LogP contribution >= 0.6 is 11.6 Å². The lowest BCUT2D eigenvalue weighted by molar-refractivity contribution is -0.118. The predicted molar refractivity (Wildman–Crippen MR) is 142 cm³/mol. The van der Waals surface area contributed by atoms with Crippen molar-refractivity contribution in [3.8, 4) is 5.75 Å². The summed E-state index contributed by atoms with van der Waals surface area (Å²) in [5.41, 5.74) is 1.88. The second-order valence-electron chi connectivity index (χ2n) is 9.84. The minimum atomic E-state index is -1.03. The van der Waals surface area contributed by atoms with Crippen molar-refractivity contribution in [2.75, 3.05) is 38.1 Å². The number of aliphatic hydroxyl groups is 1. The van der Waals surface area contributed by atoms with E-state index in [2.05, 4.69) is 22.0 Å². The normalized spacial score (nSPS) is 17.4. The minimum Gasteiger partial charge on any atom is -0.489 e. The molecule has 0 radical (unpaired) electrons. The Bertz CT molecular complexity index is 1050. The zero-order valence-corrected chi connectivity index (χ0v) is 21.8. The summed E-state index contributed by atoms with van der Waals surface area (Å²) in [6.07, 6.45) is 4.41. The number of nitrogens with one attached hydrogen (secondary N) is 1. The van der Waals surface area contributed by atoms with E-state index < -0.39 is 23.8 Å². The third kappa shape index (κ3) is 6.78. The van der Waals surface area contributed by atoms with E-state index in [0.717, 1.165) is 57.4 Å². The Balaban J connectivity index is 1.46. The number of aliphatic hydroxyl groups excluding tert-OH is 1. The second-order valence-corrected chi connectivity index (χ2v) is 10.2. The summed E-state index contributed by atoms with van der Waals surface area (Å²) in [6, 6.07) is 11.6. The molecule has 1 saturated carbocycles. The number of carbonyl (C=O) groups excluding carboxylic acids is 2. The summed E-state index contributed by atoms with van der Waals surface area (Å²) in [5, 5.41) is 14.5. The number of nitrogens with zero attached hydrogens (tertiary/aromatic N) is 2. The van der Waals surface area contributed by atoms with Crippen molar-refractivity contribution in [1.29, 1.82) is 0 Å². The fourth-order valence-corrected chi connectivity index (χ4v) is 4.79. The van der Waals surface area contributed by atoms with Crippen molar-refractivity contribution in [2.24, 2.45) is 0 Å². The smallest absolute Gasteiger partial charge is 0.292 e. The van der Waals surface area contributed by atoms with Gasteiger partial charge in [-0.25, -0.2) is 0 Å². The topological polar surface area (TPSA) is 82.1 Å². The molecule has 194 valence electrons. The Hall–Kier alpha value is -2.61. The highest BCUT2D eigenvalue weighted by Crippen LogP contribution is 2.34. The molecule has 0 aromatic heterocycles. The van der Waals surface area contributed by atoms with Gasteiger partial charge in [0.05, 0.1) is 17.2 Å². The molecule has 2 aromatic rings. The zero-order chi connectivity index (χ0) is 25.7. The lowest BCUT2D eigenvalue weighted by Crippen LogP contribution is -2.48. The zero-order valence-electron chi connectivity index (χ0n) is 21.1. The van der Waals surface area contributed by atoms with E-state index in [-0.39, 0.29) is 6.10 Å². The molecule has 1 aliphatic heterocycles. The van der Waals surface area contributed by atoms with Crippen LogP contribution in [0.15, 0.2) is 42.5 Å². The highest BCUT2D eigenvalue weighted by Gasteiger charge is 2.30. The fraction of sp³-hybridized carbons (Fsp3) is 0.500. The van der Waals surface area contributed by atoms with E-state index in [0.29, 0.717) is 28.4 Å². The van der Waals surface area contributed by atoms with E-state index >= 15 is 0 Å². The van der Waals surface area contributed by atoms with Gasteiger partial charge >= 0.3 is 0 Å². The number of hydrogen-bond donors (Lipinski definition) is 2. The second kappa shape index (κ2) is 12.1. The monoisotopic (exact) mass is 513 g/mol. The first-order valence-electron chi connectivity index (χ1n) is 12.9. The summed E-state index contributed by atoms with van der Waals surface area (Å²) < 4.78 is 5.80. The summed E-state index contributed by atoms with van der Waals surface area (Å²) in [4.78, 5) is 30.2. The number of benzene rings is 2. The summed E-state index contributed by atoms with van der Waals surface area (Å²) >= 11 is 6.42. The van der Waals surface area contributed by atoms with Crippen LogP contribution in [0.5, 0.6) is 5.75 Å². The van der Waals surface area contributed by atoms with Crippen LogP contribution in [0.2, 0.25) is 5.02 Å². The molecule has 0 bridgehead atoms. The number of rotatable bonds is 12. The van der Waals surface area contributed by atoms with E-state index in [1.165, 1.54) is 0 Å². The average Bonchev–Trinajstić information content (AvgIpc) is 3.55. The van der Waals surface area contributed by atoms with Gasteiger partial charge in [-0.15, -0.1) is 0 Å². The molecule has 2 aromatic carbocycles. The molecule has 4 rings (SSSR count). The third-order valence-corrected chi connectivity index (χ3v) is 7.10. The van der Waals surface area contributed by atoms with Gasteiger partial charge in [0.2, 0.25) is 5.78 Å². The van der Waals surface area contributed by atoms with Gasteiger partial charge in [0.15, 0.2) is 0 Å². The van der Waals surface area contributed by atoms with Crippen molar-refractivity contribution in [1.82, 2.24) is 10.2 Å². The van der Waals surface area contributed by atoms with E-state index in [1.54, 1.807) is 30.3 Å². The molecular weight excluding hydrogens is 478 g/mol. The molecule has 1 aliphatic carbocycles. The van der Waals surface area contributed by atoms with Gasteiger partial charge in [0.25, 0.3) is 5.91 Å². The maximum Gasteiger partial charge on any atom is 0.292 e. The Morgan fingerprint density at radius 3 is 2.47 bits per heavy atom. The molecule has 2 N–H and O–H groups in total. The summed E-state index contributed by atoms with van der Waals surface area (Å²) in [6.45, 7) is 5.25. The number of hydrogen-bond acceptors (Lipinski definition) is 6. The summed E-state index contributed by atoms with van der Waals surface area (Å²) in [5.74, 6) is -0.754. The number of Topliss-reactive ketones (excluding diaryl/α,β-unsaturated/α-hetero) is 1. The van der Waals surface area contributed by atoms with Crippen molar-refractivity contribution in [3.05, 3.63) is 58.6 Å². The van der Waals surface area contributed by atoms with Crippen molar-refractivity contribution in [3.63, 3.8) is 0 Å². The molecule has 2 atom stereocenters. The highest BCUT2D eigenvalue weighted by atomic mass is 35.5. The molecule has 8 heteroatoms. The Morgan fingerprint density at radius 1 is 1.17 bits per heavy atom. The number of anilines is 1. The number of likely N-dealkylation sites (tertiary alicyclic amines) is 1. The Kier molecular flexibility index (Phi) is 8.88. The molecule has 1 saturated heterocycles. The van der Waals surface area contributed by atoms with Crippen LogP contribution in [0, 0.1) is 0 Å². The highest BCUT2D eigenvalue weighted by molar-refractivity contribution is 6.42. The van der Waals surface area contributed by atoms with Gasteiger partial charge in [-0.3, -0.25) is 9.59 Å². The first kappa shape index (κ1) is 26.5. The van der Waals surface area contributed by atoms with Gasteiger partial charge in [0, 0.05) is 31.4 Å². The number of ketones is 1. The Labute approximate surface area is 218 Å². The molecule has 2 aliphatic rings. The van der Waals surface area contributed by atoms with Crippen LogP contribution in [-0.4, -0.2) is 67.1 Å². The van der Waals surface area contributed by atoms with Crippen molar-refractivity contribution < 1.29 is 19.4 Å². The van der Waals surface area contributed by atoms with Crippen LogP contribution in [0.25, 0.3) is 0 Å². The van der Waals surface area contributed by atoms with Crippen LogP contribution < -0.4 is 15.0 Å². The van der Waals surface area contributed by atoms with E-state index in [1.807, 2.05) is 19.2 Å². The quantitative estimate of drug-likeness (QED) is 0.326. The maximum atomic E-state index is 13.0. The number of carbonyl (C=O) groups is 2. The van der Waals surface area contributed by atoms with Gasteiger partial charge in [-0.1, -0.05) is 24.6 Å². The summed E-state index contributed by atoms with van der Waals surface area (Å²) in [7, 11) is 1.99. The SMILES string of the molecule is CCCN(C)c1ccc(C(=O)C(=O)NC(CN2CCCC2)C(O)c2ccc(OC3CC3)c(Cl)c2)cc1. The number of halogens is 1. The molecule has 0 spiro atoms. The van der Waals surface area contributed by atoms with Crippen molar-refractivity contribution >= 4 is 29.0 Å². The molecule has 1 amide bonds. The van der Waals surface area contributed by atoms with Gasteiger partial charge in [0.1, 0.15) is 11.9 Å². The third-order valence-electron chi connectivity index (χ3n) is 6.80. The van der Waals surface area contributed by atoms with Gasteiger partial charge < -0.3 is 25.0 Å². The maximum absolute atomic E-state index is 13.0.